The van der Waals surface area contributed by atoms with Crippen molar-refractivity contribution in [1.29, 1.82) is 0 Å². The van der Waals surface area contributed by atoms with Crippen LogP contribution in [-0.4, -0.2) is 6.67 Å². The Morgan fingerprint density at radius 1 is 1.38 bits per heavy atom. The lowest BCUT2D eigenvalue weighted by Gasteiger charge is -2.05. The van der Waals surface area contributed by atoms with E-state index in [9.17, 15) is 4.39 Å². The first kappa shape index (κ1) is 7.93. The van der Waals surface area contributed by atoms with Crippen molar-refractivity contribution >= 4 is 0 Å². The summed E-state index contributed by atoms with van der Waals surface area (Å²) in [5.74, 6) is 0.333. The van der Waals surface area contributed by atoms with Crippen LogP contribution >= 0.6 is 0 Å². The first-order chi connectivity index (χ1) is 3.85. The Kier molecular flexibility index (Phi) is 5.03. The van der Waals surface area contributed by atoms with Gasteiger partial charge in [-0.15, -0.1) is 0 Å². The molecule has 0 aromatic heterocycles. The highest BCUT2D eigenvalue weighted by Crippen LogP contribution is 2.09. The van der Waals surface area contributed by atoms with Crippen LogP contribution in [0, 0.1) is 5.92 Å². The number of halogens is 1. The quantitative estimate of drug-likeness (QED) is 0.532. The molecule has 0 heterocycles. The minimum absolute atomic E-state index is 0.135. The highest BCUT2D eigenvalue weighted by molar-refractivity contribution is 4.52. The molecule has 0 amide bonds. The SMILES string of the molecule is CCCC(CC)CF. The molecule has 0 saturated carbocycles. The molecule has 0 radical (unpaired) electrons. The van der Waals surface area contributed by atoms with Gasteiger partial charge in [0.1, 0.15) is 0 Å². The van der Waals surface area contributed by atoms with E-state index in [0.29, 0.717) is 5.92 Å². The van der Waals surface area contributed by atoms with Crippen molar-refractivity contribution in [2.45, 2.75) is 33.1 Å². The topological polar surface area (TPSA) is 0 Å². The van der Waals surface area contributed by atoms with Crippen molar-refractivity contribution in [1.82, 2.24) is 0 Å². The molecule has 0 aliphatic rings. The number of alkyl halides is 1. The monoisotopic (exact) mass is 118 g/mol. The molecule has 1 heteroatoms. The zero-order valence-electron chi connectivity index (χ0n) is 5.78. The van der Waals surface area contributed by atoms with Gasteiger partial charge in [0, 0.05) is 0 Å². The van der Waals surface area contributed by atoms with Gasteiger partial charge in [-0.1, -0.05) is 26.7 Å². The van der Waals surface area contributed by atoms with Crippen LogP contribution in [0.5, 0.6) is 0 Å². The van der Waals surface area contributed by atoms with Crippen LogP contribution in [0.3, 0.4) is 0 Å². The van der Waals surface area contributed by atoms with Crippen LogP contribution in [0.25, 0.3) is 0 Å². The molecule has 0 fully saturated rings. The average Bonchev–Trinajstić information content (AvgIpc) is 1.83. The Hall–Kier alpha value is -0.0700. The van der Waals surface area contributed by atoms with E-state index in [4.69, 9.17) is 0 Å². The lowest BCUT2D eigenvalue weighted by molar-refractivity contribution is 0.334. The fourth-order valence-corrected chi connectivity index (χ4v) is 0.799. The van der Waals surface area contributed by atoms with Gasteiger partial charge in [-0.3, -0.25) is 4.39 Å². The molecule has 0 aromatic rings. The van der Waals surface area contributed by atoms with Crippen molar-refractivity contribution in [2.75, 3.05) is 6.67 Å². The van der Waals surface area contributed by atoms with E-state index in [1.807, 2.05) is 6.92 Å². The smallest absolute Gasteiger partial charge is 0.0922 e. The highest BCUT2D eigenvalue weighted by Gasteiger charge is 2.01. The van der Waals surface area contributed by atoms with Crippen LogP contribution in [-0.2, 0) is 0 Å². The van der Waals surface area contributed by atoms with Crippen molar-refractivity contribution in [3.8, 4) is 0 Å². The molecule has 0 aliphatic carbocycles. The van der Waals surface area contributed by atoms with Gasteiger partial charge in [-0.2, -0.15) is 0 Å². The minimum atomic E-state index is -0.135. The second kappa shape index (κ2) is 5.07. The summed E-state index contributed by atoms with van der Waals surface area (Å²) in [5, 5.41) is 0. The summed E-state index contributed by atoms with van der Waals surface area (Å²) < 4.78 is 11.8. The molecule has 0 bridgehead atoms. The molecule has 0 saturated heterocycles. The first-order valence-electron chi connectivity index (χ1n) is 3.41. The molecule has 0 aliphatic heterocycles. The van der Waals surface area contributed by atoms with E-state index < -0.39 is 0 Å². The fraction of sp³-hybridized carbons (Fsp3) is 1.00. The maximum atomic E-state index is 11.8. The van der Waals surface area contributed by atoms with E-state index in [0.717, 1.165) is 19.3 Å². The van der Waals surface area contributed by atoms with Gasteiger partial charge in [0.25, 0.3) is 0 Å². The molecule has 50 valence electrons. The Labute approximate surface area is 51.1 Å². The zero-order valence-corrected chi connectivity index (χ0v) is 5.78. The second-order valence-electron chi connectivity index (χ2n) is 2.22. The van der Waals surface area contributed by atoms with Gasteiger partial charge in [0.15, 0.2) is 0 Å². The molecular formula is C7H15F. The summed E-state index contributed by atoms with van der Waals surface area (Å²) in [6, 6.07) is 0. The maximum Gasteiger partial charge on any atom is 0.0922 e. The first-order valence-corrected chi connectivity index (χ1v) is 3.41. The predicted molar refractivity (Wildman–Crippen MR) is 34.7 cm³/mol. The van der Waals surface area contributed by atoms with Gasteiger partial charge in [0.2, 0.25) is 0 Å². The molecule has 0 aromatic carbocycles. The lowest BCUT2D eigenvalue weighted by atomic mass is 10.0. The Morgan fingerprint density at radius 3 is 2.12 bits per heavy atom. The third-order valence-electron chi connectivity index (χ3n) is 1.49. The minimum Gasteiger partial charge on any atom is -0.251 e. The van der Waals surface area contributed by atoms with Gasteiger partial charge >= 0.3 is 0 Å². The average molecular weight is 118 g/mol. The summed E-state index contributed by atoms with van der Waals surface area (Å²) in [5.41, 5.74) is 0. The number of rotatable bonds is 4. The van der Waals surface area contributed by atoms with Gasteiger partial charge < -0.3 is 0 Å². The summed E-state index contributed by atoms with van der Waals surface area (Å²) in [6.45, 7) is 4.00. The standard InChI is InChI=1S/C7H15F/c1-3-5-7(4-2)6-8/h7H,3-6H2,1-2H3. The van der Waals surface area contributed by atoms with Gasteiger partial charge in [0.05, 0.1) is 6.67 Å². The summed E-state index contributed by atoms with van der Waals surface area (Å²) >= 11 is 0. The van der Waals surface area contributed by atoms with Crippen LogP contribution in [0.4, 0.5) is 4.39 Å². The summed E-state index contributed by atoms with van der Waals surface area (Å²) in [6.07, 6.45) is 3.15. The van der Waals surface area contributed by atoms with Crippen molar-refractivity contribution in [3.05, 3.63) is 0 Å². The summed E-state index contributed by atoms with van der Waals surface area (Å²) in [7, 11) is 0. The zero-order chi connectivity index (χ0) is 6.41. The fourth-order valence-electron chi connectivity index (χ4n) is 0.799. The van der Waals surface area contributed by atoms with E-state index in [-0.39, 0.29) is 6.67 Å². The predicted octanol–water partition coefficient (Wildman–Crippen LogP) is 2.78. The Bertz CT molecular complexity index is 39.7. The normalized spacial score (nSPS) is 13.9. The van der Waals surface area contributed by atoms with E-state index in [2.05, 4.69) is 6.92 Å². The highest BCUT2D eigenvalue weighted by atomic mass is 19.1. The van der Waals surface area contributed by atoms with Crippen LogP contribution in [0.2, 0.25) is 0 Å². The van der Waals surface area contributed by atoms with Crippen molar-refractivity contribution in [2.24, 2.45) is 5.92 Å². The molecular weight excluding hydrogens is 103 g/mol. The number of hydrogen-bond donors (Lipinski definition) is 0. The van der Waals surface area contributed by atoms with E-state index >= 15 is 0 Å². The van der Waals surface area contributed by atoms with Crippen LogP contribution in [0.15, 0.2) is 0 Å². The van der Waals surface area contributed by atoms with Crippen molar-refractivity contribution < 1.29 is 4.39 Å². The van der Waals surface area contributed by atoms with E-state index in [1.165, 1.54) is 0 Å². The summed E-state index contributed by atoms with van der Waals surface area (Å²) in [4.78, 5) is 0. The molecule has 1 unspecified atom stereocenters. The molecule has 0 rings (SSSR count). The largest absolute Gasteiger partial charge is 0.251 e. The maximum absolute atomic E-state index is 11.8. The van der Waals surface area contributed by atoms with Crippen LogP contribution in [0.1, 0.15) is 33.1 Å². The van der Waals surface area contributed by atoms with Gasteiger partial charge in [-0.05, 0) is 12.3 Å². The number of hydrogen-bond acceptors (Lipinski definition) is 0. The van der Waals surface area contributed by atoms with Gasteiger partial charge in [-0.25, -0.2) is 0 Å². The second-order valence-corrected chi connectivity index (χ2v) is 2.22. The van der Waals surface area contributed by atoms with Crippen molar-refractivity contribution in [3.63, 3.8) is 0 Å². The van der Waals surface area contributed by atoms with Crippen LogP contribution < -0.4 is 0 Å². The third-order valence-corrected chi connectivity index (χ3v) is 1.49. The molecule has 8 heavy (non-hydrogen) atoms. The lowest BCUT2D eigenvalue weighted by Crippen LogP contribution is -1.99. The Morgan fingerprint density at radius 2 is 2.00 bits per heavy atom. The third kappa shape index (κ3) is 3.00. The molecule has 0 spiro atoms. The molecule has 0 N–H and O–H groups in total. The Balaban J connectivity index is 3.07. The molecule has 0 nitrogen and oxygen atoms in total. The molecule has 1 atom stereocenters. The van der Waals surface area contributed by atoms with E-state index in [1.54, 1.807) is 0 Å².